The van der Waals surface area contributed by atoms with Gasteiger partial charge >= 0.3 is 0 Å². The zero-order valence-corrected chi connectivity index (χ0v) is 9.98. The molecule has 3 N–H and O–H groups in total. The SMILES string of the molecule is N=C(N)SCc1cc2ccccc2nc1Cl. The number of aromatic nitrogens is 1. The first-order valence-corrected chi connectivity index (χ1v) is 6.04. The van der Waals surface area contributed by atoms with Gasteiger partial charge in [0, 0.05) is 16.7 Å². The Hall–Kier alpha value is -1.26. The number of thioether (sulfide) groups is 1. The van der Waals surface area contributed by atoms with Gasteiger partial charge in [0.25, 0.3) is 0 Å². The summed E-state index contributed by atoms with van der Waals surface area (Å²) in [6.07, 6.45) is 0. The lowest BCUT2D eigenvalue weighted by atomic mass is 10.2. The average molecular weight is 252 g/mol. The minimum absolute atomic E-state index is 0.0872. The molecule has 0 aliphatic heterocycles. The Morgan fingerprint density at radius 1 is 1.44 bits per heavy atom. The predicted octanol–water partition coefficient (Wildman–Crippen LogP) is 3.01. The molecular formula is C11H10ClN3S. The van der Waals surface area contributed by atoms with E-state index in [4.69, 9.17) is 22.7 Å². The van der Waals surface area contributed by atoms with Gasteiger partial charge in [-0.1, -0.05) is 41.6 Å². The molecule has 1 aromatic heterocycles. The van der Waals surface area contributed by atoms with Crippen molar-refractivity contribution in [1.29, 1.82) is 5.41 Å². The smallest absolute Gasteiger partial charge is 0.151 e. The number of hydrogen-bond acceptors (Lipinski definition) is 3. The van der Waals surface area contributed by atoms with E-state index < -0.39 is 0 Å². The molecule has 0 aliphatic rings. The number of benzene rings is 1. The van der Waals surface area contributed by atoms with Gasteiger partial charge in [-0.3, -0.25) is 5.41 Å². The molecule has 0 unspecified atom stereocenters. The number of nitrogens with two attached hydrogens (primary N) is 1. The maximum absolute atomic E-state index is 7.15. The summed E-state index contributed by atoms with van der Waals surface area (Å²) in [6, 6.07) is 9.78. The van der Waals surface area contributed by atoms with Gasteiger partial charge in [-0.25, -0.2) is 4.98 Å². The Kier molecular flexibility index (Phi) is 3.31. The minimum atomic E-state index is 0.0872. The van der Waals surface area contributed by atoms with Crippen molar-refractivity contribution in [3.63, 3.8) is 0 Å². The maximum atomic E-state index is 7.15. The fourth-order valence-electron chi connectivity index (χ4n) is 1.39. The van der Waals surface area contributed by atoms with Gasteiger partial charge in [0.15, 0.2) is 5.17 Å². The molecule has 0 radical (unpaired) electrons. The molecule has 0 spiro atoms. The molecule has 0 saturated heterocycles. The van der Waals surface area contributed by atoms with Crippen molar-refractivity contribution in [1.82, 2.24) is 4.98 Å². The Bertz CT molecular complexity index is 542. The number of halogens is 1. The highest BCUT2D eigenvalue weighted by molar-refractivity contribution is 8.13. The van der Waals surface area contributed by atoms with Crippen molar-refractivity contribution in [2.75, 3.05) is 0 Å². The van der Waals surface area contributed by atoms with Crippen molar-refractivity contribution in [3.05, 3.63) is 41.0 Å². The normalized spacial score (nSPS) is 10.6. The molecule has 1 heterocycles. The van der Waals surface area contributed by atoms with Crippen LogP contribution in [0, 0.1) is 5.41 Å². The highest BCUT2D eigenvalue weighted by Gasteiger charge is 2.05. The van der Waals surface area contributed by atoms with Crippen molar-refractivity contribution in [3.8, 4) is 0 Å². The highest BCUT2D eigenvalue weighted by Crippen LogP contribution is 2.23. The van der Waals surface area contributed by atoms with Crippen LogP contribution in [0.15, 0.2) is 30.3 Å². The van der Waals surface area contributed by atoms with Crippen LogP contribution < -0.4 is 5.73 Å². The monoisotopic (exact) mass is 251 g/mol. The average Bonchev–Trinajstić information content (AvgIpc) is 2.26. The fourth-order valence-corrected chi connectivity index (χ4v) is 2.22. The predicted molar refractivity (Wildman–Crippen MR) is 70.0 cm³/mol. The molecule has 2 aromatic rings. The number of nitrogens with zero attached hydrogens (tertiary/aromatic N) is 1. The molecule has 82 valence electrons. The third-order valence-electron chi connectivity index (χ3n) is 2.13. The number of rotatable bonds is 2. The summed E-state index contributed by atoms with van der Waals surface area (Å²) in [6.45, 7) is 0. The van der Waals surface area contributed by atoms with Crippen LogP contribution in [0.4, 0.5) is 0 Å². The number of fused-ring (bicyclic) bond motifs is 1. The summed E-state index contributed by atoms with van der Waals surface area (Å²) in [5, 5.41) is 8.77. The van der Waals surface area contributed by atoms with Crippen molar-refractivity contribution in [2.45, 2.75) is 5.75 Å². The number of pyridine rings is 1. The molecule has 0 fully saturated rings. The quantitative estimate of drug-likeness (QED) is 0.490. The van der Waals surface area contributed by atoms with E-state index in [1.54, 1.807) is 0 Å². The second-order valence-corrected chi connectivity index (χ2v) is 4.66. The molecule has 1 aromatic carbocycles. The molecule has 0 aliphatic carbocycles. The van der Waals surface area contributed by atoms with Crippen molar-refractivity contribution >= 4 is 39.4 Å². The van der Waals surface area contributed by atoms with E-state index in [1.165, 1.54) is 11.8 Å². The zero-order chi connectivity index (χ0) is 11.5. The third-order valence-corrected chi connectivity index (χ3v) is 3.23. The molecule has 2 rings (SSSR count). The Balaban J connectivity index is 2.38. The second kappa shape index (κ2) is 4.72. The van der Waals surface area contributed by atoms with E-state index in [1.807, 2.05) is 30.3 Å². The van der Waals surface area contributed by atoms with Crippen LogP contribution in [0.3, 0.4) is 0 Å². The zero-order valence-electron chi connectivity index (χ0n) is 8.40. The highest BCUT2D eigenvalue weighted by atomic mass is 35.5. The minimum Gasteiger partial charge on any atom is -0.379 e. The number of hydrogen-bond donors (Lipinski definition) is 2. The molecule has 0 bridgehead atoms. The molecule has 0 saturated carbocycles. The molecule has 0 atom stereocenters. The van der Waals surface area contributed by atoms with E-state index >= 15 is 0 Å². The summed E-state index contributed by atoms with van der Waals surface area (Å²) >= 11 is 7.29. The van der Waals surface area contributed by atoms with E-state index in [0.29, 0.717) is 10.9 Å². The molecule has 3 nitrogen and oxygen atoms in total. The summed E-state index contributed by atoms with van der Waals surface area (Å²) in [7, 11) is 0. The Morgan fingerprint density at radius 3 is 2.94 bits per heavy atom. The van der Waals surface area contributed by atoms with Gasteiger partial charge in [-0.15, -0.1) is 0 Å². The third kappa shape index (κ3) is 2.46. The van der Waals surface area contributed by atoms with E-state index in [2.05, 4.69) is 4.98 Å². The lowest BCUT2D eigenvalue weighted by Gasteiger charge is -2.04. The van der Waals surface area contributed by atoms with Gasteiger partial charge in [0.05, 0.1) is 5.52 Å². The van der Waals surface area contributed by atoms with Crippen LogP contribution in [-0.4, -0.2) is 10.2 Å². The lowest BCUT2D eigenvalue weighted by Crippen LogP contribution is -2.04. The van der Waals surface area contributed by atoms with Gasteiger partial charge < -0.3 is 5.73 Å². The van der Waals surface area contributed by atoms with Crippen LogP contribution in [0.25, 0.3) is 10.9 Å². The van der Waals surface area contributed by atoms with Crippen LogP contribution in [0.1, 0.15) is 5.56 Å². The molecular weight excluding hydrogens is 242 g/mol. The standard InChI is InChI=1S/C11H10ClN3S/c12-10-8(6-16-11(13)14)5-7-3-1-2-4-9(7)15-10/h1-5H,6H2,(H3,13,14). The first kappa shape index (κ1) is 11.2. The molecule has 0 amide bonds. The van der Waals surface area contributed by atoms with E-state index in [0.717, 1.165) is 16.5 Å². The Labute approximate surface area is 103 Å². The fraction of sp³-hybridized carbons (Fsp3) is 0.0909. The number of nitrogens with one attached hydrogen (secondary N) is 1. The molecule has 16 heavy (non-hydrogen) atoms. The summed E-state index contributed by atoms with van der Waals surface area (Å²) in [5.74, 6) is 0.575. The van der Waals surface area contributed by atoms with Crippen LogP contribution in [-0.2, 0) is 5.75 Å². The molecule has 5 heteroatoms. The van der Waals surface area contributed by atoms with Crippen molar-refractivity contribution < 1.29 is 0 Å². The second-order valence-electron chi connectivity index (χ2n) is 3.28. The van der Waals surface area contributed by atoms with Crippen LogP contribution >= 0.6 is 23.4 Å². The number of para-hydroxylation sites is 1. The first-order chi connectivity index (χ1) is 7.66. The van der Waals surface area contributed by atoms with Gasteiger partial charge in [0.2, 0.25) is 0 Å². The van der Waals surface area contributed by atoms with E-state index in [-0.39, 0.29) is 5.17 Å². The number of amidine groups is 1. The summed E-state index contributed by atoms with van der Waals surface area (Å²) in [4.78, 5) is 4.29. The summed E-state index contributed by atoms with van der Waals surface area (Å²) in [5.41, 5.74) is 7.07. The van der Waals surface area contributed by atoms with Gasteiger partial charge in [-0.2, -0.15) is 0 Å². The van der Waals surface area contributed by atoms with Gasteiger partial charge in [0.1, 0.15) is 5.15 Å². The first-order valence-electron chi connectivity index (χ1n) is 4.68. The van der Waals surface area contributed by atoms with E-state index in [9.17, 15) is 0 Å². The Morgan fingerprint density at radius 2 is 2.19 bits per heavy atom. The van der Waals surface area contributed by atoms with Crippen LogP contribution in [0.2, 0.25) is 5.15 Å². The maximum Gasteiger partial charge on any atom is 0.151 e. The largest absolute Gasteiger partial charge is 0.379 e. The summed E-state index contributed by atoms with van der Waals surface area (Å²) < 4.78 is 0. The van der Waals surface area contributed by atoms with Gasteiger partial charge in [-0.05, 0) is 12.1 Å². The van der Waals surface area contributed by atoms with Crippen molar-refractivity contribution in [2.24, 2.45) is 5.73 Å². The topological polar surface area (TPSA) is 62.8 Å². The van der Waals surface area contributed by atoms with Crippen LogP contribution in [0.5, 0.6) is 0 Å². The lowest BCUT2D eigenvalue weighted by molar-refractivity contribution is 1.31.